The summed E-state index contributed by atoms with van der Waals surface area (Å²) in [5.41, 5.74) is 4.81. The van der Waals surface area contributed by atoms with Gasteiger partial charge in [0.2, 0.25) is 0 Å². The van der Waals surface area contributed by atoms with Crippen LogP contribution >= 0.6 is 0 Å². The first-order valence-electron chi connectivity index (χ1n) is 8.36. The van der Waals surface area contributed by atoms with E-state index in [9.17, 15) is 0 Å². The van der Waals surface area contributed by atoms with Crippen LogP contribution in [0.5, 0.6) is 0 Å². The number of nitrogens with zero attached hydrogens (tertiary/aromatic N) is 1. The molecule has 0 bridgehead atoms. The van der Waals surface area contributed by atoms with E-state index in [1.165, 1.54) is 44.1 Å². The van der Waals surface area contributed by atoms with E-state index in [1.807, 2.05) is 0 Å². The Morgan fingerprint density at radius 2 is 1.81 bits per heavy atom. The molecule has 1 aromatic rings. The predicted octanol–water partition coefficient (Wildman–Crippen LogP) is 3.11. The van der Waals surface area contributed by atoms with Crippen molar-refractivity contribution in [3.8, 4) is 0 Å². The van der Waals surface area contributed by atoms with Gasteiger partial charge in [0, 0.05) is 11.6 Å². The minimum absolute atomic E-state index is 0.240. The second kappa shape index (κ2) is 7.92. The van der Waals surface area contributed by atoms with Gasteiger partial charge in [-0.3, -0.25) is 11.3 Å². The van der Waals surface area contributed by atoms with Crippen molar-refractivity contribution < 1.29 is 0 Å². The second-order valence-corrected chi connectivity index (χ2v) is 6.66. The molecule has 0 heterocycles. The number of rotatable bonds is 7. The van der Waals surface area contributed by atoms with Gasteiger partial charge in [-0.15, -0.1) is 0 Å². The predicted molar refractivity (Wildman–Crippen MR) is 90.0 cm³/mol. The monoisotopic (exact) mass is 289 g/mol. The third-order valence-corrected chi connectivity index (χ3v) is 5.26. The number of likely N-dealkylation sites (N-methyl/N-ethyl adjacent to an activating group) is 1. The first-order chi connectivity index (χ1) is 10.2. The zero-order valence-electron chi connectivity index (χ0n) is 13.6. The summed E-state index contributed by atoms with van der Waals surface area (Å²) in [6.45, 7) is 0. The van der Waals surface area contributed by atoms with Crippen molar-refractivity contribution in [1.82, 2.24) is 10.3 Å². The second-order valence-electron chi connectivity index (χ2n) is 6.66. The van der Waals surface area contributed by atoms with Crippen LogP contribution in [0, 0.1) is 0 Å². The van der Waals surface area contributed by atoms with Gasteiger partial charge in [0.15, 0.2) is 0 Å². The Bertz CT molecular complexity index is 396. The highest BCUT2D eigenvalue weighted by Gasteiger charge is 2.40. The number of benzene rings is 1. The summed E-state index contributed by atoms with van der Waals surface area (Å²) in [5, 5.41) is 0. The lowest BCUT2D eigenvalue weighted by Gasteiger charge is -2.48. The van der Waals surface area contributed by atoms with Crippen LogP contribution in [0.25, 0.3) is 0 Å². The normalized spacial score (nSPS) is 19.6. The Morgan fingerprint density at radius 3 is 2.38 bits per heavy atom. The van der Waals surface area contributed by atoms with E-state index in [4.69, 9.17) is 5.84 Å². The summed E-state index contributed by atoms with van der Waals surface area (Å²) in [5.74, 6) is 5.93. The Labute approximate surface area is 129 Å². The average Bonchev–Trinajstić information content (AvgIpc) is 2.53. The maximum Gasteiger partial charge on any atom is 0.0394 e. The largest absolute Gasteiger partial charge is 0.302 e. The lowest BCUT2D eigenvalue weighted by Crippen LogP contribution is -2.61. The van der Waals surface area contributed by atoms with Gasteiger partial charge in [0.05, 0.1) is 0 Å². The number of nitrogens with one attached hydrogen (secondary N) is 1. The van der Waals surface area contributed by atoms with Crippen molar-refractivity contribution in [2.75, 3.05) is 14.1 Å². The molecule has 1 unspecified atom stereocenters. The van der Waals surface area contributed by atoms with Crippen LogP contribution in [0.2, 0.25) is 0 Å². The maximum atomic E-state index is 5.93. The molecule has 0 spiro atoms. The minimum atomic E-state index is 0.240. The number of nitrogens with two attached hydrogens (primary N) is 1. The van der Waals surface area contributed by atoms with Gasteiger partial charge in [-0.25, -0.2) is 0 Å². The molecule has 0 amide bonds. The summed E-state index contributed by atoms with van der Waals surface area (Å²) in [6.07, 6.45) is 10.0. The highest BCUT2D eigenvalue weighted by Crippen LogP contribution is 2.36. The van der Waals surface area contributed by atoms with Gasteiger partial charge in [0.1, 0.15) is 0 Å². The minimum Gasteiger partial charge on any atom is -0.302 e. The molecular weight excluding hydrogens is 258 g/mol. The van der Waals surface area contributed by atoms with Crippen molar-refractivity contribution in [2.45, 2.75) is 62.9 Å². The van der Waals surface area contributed by atoms with Crippen molar-refractivity contribution in [1.29, 1.82) is 0 Å². The number of aryl methyl sites for hydroxylation is 1. The molecule has 0 aromatic heterocycles. The summed E-state index contributed by atoms with van der Waals surface area (Å²) in [7, 11) is 4.43. The van der Waals surface area contributed by atoms with Crippen LogP contribution in [0.4, 0.5) is 0 Å². The first kappa shape index (κ1) is 16.5. The van der Waals surface area contributed by atoms with E-state index in [-0.39, 0.29) is 5.54 Å². The van der Waals surface area contributed by atoms with Gasteiger partial charge in [0.25, 0.3) is 0 Å². The highest BCUT2D eigenvalue weighted by atomic mass is 15.3. The summed E-state index contributed by atoms with van der Waals surface area (Å²) < 4.78 is 0. The summed E-state index contributed by atoms with van der Waals surface area (Å²) >= 11 is 0. The molecule has 3 nitrogen and oxygen atoms in total. The number of hydrogen-bond donors (Lipinski definition) is 2. The molecule has 21 heavy (non-hydrogen) atoms. The van der Waals surface area contributed by atoms with Crippen molar-refractivity contribution >= 4 is 0 Å². The Morgan fingerprint density at radius 1 is 1.14 bits per heavy atom. The molecule has 118 valence electrons. The van der Waals surface area contributed by atoms with E-state index in [2.05, 4.69) is 54.8 Å². The molecule has 0 aliphatic heterocycles. The molecule has 0 saturated heterocycles. The smallest absolute Gasteiger partial charge is 0.0394 e. The van der Waals surface area contributed by atoms with Crippen LogP contribution in [0.1, 0.15) is 50.5 Å². The molecule has 1 aliphatic rings. The molecule has 0 radical (unpaired) electrons. The van der Waals surface area contributed by atoms with E-state index >= 15 is 0 Å². The van der Waals surface area contributed by atoms with Crippen LogP contribution in [-0.4, -0.2) is 30.6 Å². The lowest BCUT2D eigenvalue weighted by molar-refractivity contribution is 0.0527. The fraction of sp³-hybridized carbons (Fsp3) is 0.667. The molecule has 1 saturated carbocycles. The third-order valence-electron chi connectivity index (χ3n) is 5.26. The molecule has 3 heteroatoms. The van der Waals surface area contributed by atoms with Gasteiger partial charge < -0.3 is 4.90 Å². The average molecular weight is 289 g/mol. The van der Waals surface area contributed by atoms with E-state index in [0.29, 0.717) is 6.04 Å². The quantitative estimate of drug-likeness (QED) is 0.598. The van der Waals surface area contributed by atoms with E-state index < -0.39 is 0 Å². The molecule has 3 N–H and O–H groups in total. The fourth-order valence-electron chi connectivity index (χ4n) is 3.93. The summed E-state index contributed by atoms with van der Waals surface area (Å²) in [4.78, 5) is 2.42. The molecule has 1 fully saturated rings. The van der Waals surface area contributed by atoms with Gasteiger partial charge >= 0.3 is 0 Å². The van der Waals surface area contributed by atoms with Crippen LogP contribution in [0.3, 0.4) is 0 Å². The summed E-state index contributed by atoms with van der Waals surface area (Å²) in [6, 6.07) is 11.1. The van der Waals surface area contributed by atoms with Crippen molar-refractivity contribution in [3.63, 3.8) is 0 Å². The standard InChI is InChI=1S/C18H31N3/c1-21(2)18(14-7-4-8-15-18)17(20-19)13-9-12-16-10-5-3-6-11-16/h3,5-6,10-11,17,20H,4,7-9,12-15,19H2,1-2H3. The number of hydrogen-bond acceptors (Lipinski definition) is 3. The van der Waals surface area contributed by atoms with Gasteiger partial charge in [-0.05, 0) is 51.8 Å². The zero-order valence-corrected chi connectivity index (χ0v) is 13.6. The molecule has 1 atom stereocenters. The molecule has 1 aromatic carbocycles. The SMILES string of the molecule is CN(C)C1(C(CCCc2ccccc2)NN)CCCCC1. The van der Waals surface area contributed by atoms with Crippen LogP contribution in [-0.2, 0) is 6.42 Å². The zero-order chi connectivity index (χ0) is 15.1. The molecular formula is C18H31N3. The Hall–Kier alpha value is -0.900. The number of hydrazine groups is 1. The third kappa shape index (κ3) is 4.06. The topological polar surface area (TPSA) is 41.3 Å². The first-order valence-corrected chi connectivity index (χ1v) is 8.36. The van der Waals surface area contributed by atoms with Crippen molar-refractivity contribution in [2.24, 2.45) is 5.84 Å². The Balaban J connectivity index is 1.94. The van der Waals surface area contributed by atoms with Gasteiger partial charge in [-0.2, -0.15) is 0 Å². The highest BCUT2D eigenvalue weighted by molar-refractivity contribution is 5.14. The van der Waals surface area contributed by atoms with Crippen LogP contribution < -0.4 is 11.3 Å². The maximum absolute atomic E-state index is 5.93. The fourth-order valence-corrected chi connectivity index (χ4v) is 3.93. The van der Waals surface area contributed by atoms with E-state index in [0.717, 1.165) is 12.8 Å². The molecule has 2 rings (SSSR count). The lowest BCUT2D eigenvalue weighted by atomic mass is 9.74. The Kier molecular flexibility index (Phi) is 6.22. The molecule has 1 aliphatic carbocycles. The van der Waals surface area contributed by atoms with Crippen molar-refractivity contribution in [3.05, 3.63) is 35.9 Å². The van der Waals surface area contributed by atoms with Gasteiger partial charge in [-0.1, -0.05) is 49.6 Å². The van der Waals surface area contributed by atoms with Crippen LogP contribution in [0.15, 0.2) is 30.3 Å². The van der Waals surface area contributed by atoms with E-state index in [1.54, 1.807) is 0 Å².